The van der Waals surface area contributed by atoms with Crippen LogP contribution in [0.1, 0.15) is 33.8 Å². The number of benzene rings is 1. The summed E-state index contributed by atoms with van der Waals surface area (Å²) in [6.07, 6.45) is 0.917. The van der Waals surface area contributed by atoms with Gasteiger partial charge in [-0.3, -0.25) is 4.79 Å². The number of carboxylic acids is 1. The first-order chi connectivity index (χ1) is 10.1. The summed E-state index contributed by atoms with van der Waals surface area (Å²) in [5.74, 6) is -0.417. The third kappa shape index (κ3) is 3.13. The van der Waals surface area contributed by atoms with Crippen molar-refractivity contribution in [3.8, 4) is 0 Å². The van der Waals surface area contributed by atoms with Gasteiger partial charge in [-0.2, -0.15) is 11.3 Å². The highest BCUT2D eigenvalue weighted by Crippen LogP contribution is 2.48. The van der Waals surface area contributed by atoms with Gasteiger partial charge in [-0.15, -0.1) is 0 Å². The van der Waals surface area contributed by atoms with Crippen molar-refractivity contribution in [3.05, 3.63) is 57.8 Å². The molecule has 4 nitrogen and oxygen atoms in total. The summed E-state index contributed by atoms with van der Waals surface area (Å²) >= 11 is 1.66. The van der Waals surface area contributed by atoms with E-state index in [2.05, 4.69) is 16.8 Å². The van der Waals surface area contributed by atoms with Crippen molar-refractivity contribution in [2.75, 3.05) is 0 Å². The van der Waals surface area contributed by atoms with Crippen LogP contribution in [0.5, 0.6) is 0 Å². The molecule has 1 amide bonds. The summed E-state index contributed by atoms with van der Waals surface area (Å²) in [6.45, 7) is 0.436. The SMILES string of the molecule is O=C(O)c1ccc(CNC(=O)[C@@H]2C[C@H]2c2ccsc2)cc1. The van der Waals surface area contributed by atoms with Crippen LogP contribution in [-0.4, -0.2) is 17.0 Å². The zero-order valence-corrected chi connectivity index (χ0v) is 12.1. The topological polar surface area (TPSA) is 66.4 Å². The number of hydrogen-bond donors (Lipinski definition) is 2. The summed E-state index contributed by atoms with van der Waals surface area (Å²) < 4.78 is 0. The molecular formula is C16H15NO3S. The summed E-state index contributed by atoms with van der Waals surface area (Å²) in [5.41, 5.74) is 2.41. The summed E-state index contributed by atoms with van der Waals surface area (Å²) in [5, 5.41) is 15.9. The first-order valence-corrected chi connectivity index (χ1v) is 7.71. The predicted octanol–water partition coefficient (Wildman–Crippen LogP) is 2.87. The molecule has 1 heterocycles. The molecule has 2 aromatic rings. The van der Waals surface area contributed by atoms with Crippen LogP contribution in [-0.2, 0) is 11.3 Å². The molecule has 1 aliphatic rings. The number of aromatic carboxylic acids is 1. The number of rotatable bonds is 5. The van der Waals surface area contributed by atoms with Crippen molar-refractivity contribution < 1.29 is 14.7 Å². The number of amides is 1. The van der Waals surface area contributed by atoms with E-state index < -0.39 is 5.97 Å². The maximum Gasteiger partial charge on any atom is 0.335 e. The van der Waals surface area contributed by atoms with Gasteiger partial charge in [-0.05, 0) is 52.4 Å². The van der Waals surface area contributed by atoms with Gasteiger partial charge in [0.15, 0.2) is 0 Å². The lowest BCUT2D eigenvalue weighted by atomic mass is 10.1. The van der Waals surface area contributed by atoms with E-state index in [0.717, 1.165) is 12.0 Å². The molecule has 21 heavy (non-hydrogen) atoms. The van der Waals surface area contributed by atoms with Crippen molar-refractivity contribution in [3.63, 3.8) is 0 Å². The molecule has 0 aliphatic heterocycles. The fourth-order valence-electron chi connectivity index (χ4n) is 2.42. The quantitative estimate of drug-likeness (QED) is 0.892. The minimum Gasteiger partial charge on any atom is -0.478 e. The van der Waals surface area contributed by atoms with E-state index in [-0.39, 0.29) is 17.4 Å². The number of carbonyl (C=O) groups excluding carboxylic acids is 1. The van der Waals surface area contributed by atoms with Crippen molar-refractivity contribution in [1.82, 2.24) is 5.32 Å². The lowest BCUT2D eigenvalue weighted by molar-refractivity contribution is -0.122. The van der Waals surface area contributed by atoms with Crippen LogP contribution in [0.3, 0.4) is 0 Å². The Bertz CT molecular complexity index is 649. The summed E-state index contributed by atoms with van der Waals surface area (Å²) in [4.78, 5) is 22.8. The highest BCUT2D eigenvalue weighted by Gasteiger charge is 2.43. The van der Waals surface area contributed by atoms with Gasteiger partial charge >= 0.3 is 5.97 Å². The van der Waals surface area contributed by atoms with Gasteiger partial charge in [0.05, 0.1) is 5.56 Å². The molecule has 1 aromatic carbocycles. The van der Waals surface area contributed by atoms with E-state index >= 15 is 0 Å². The Morgan fingerprint density at radius 3 is 2.62 bits per heavy atom. The van der Waals surface area contributed by atoms with E-state index in [1.165, 1.54) is 5.56 Å². The van der Waals surface area contributed by atoms with E-state index in [9.17, 15) is 9.59 Å². The third-order valence-electron chi connectivity index (χ3n) is 3.77. The zero-order chi connectivity index (χ0) is 14.8. The molecule has 0 bridgehead atoms. The standard InChI is InChI=1S/C16H15NO3S/c18-15(14-7-13(14)12-5-6-21-9-12)17-8-10-1-3-11(4-2-10)16(19)20/h1-6,9,13-14H,7-8H2,(H,17,18)(H,19,20)/t13-,14+/m0/s1. The zero-order valence-electron chi connectivity index (χ0n) is 11.3. The number of thiophene rings is 1. The number of carbonyl (C=O) groups is 2. The molecular weight excluding hydrogens is 286 g/mol. The maximum absolute atomic E-state index is 12.1. The summed E-state index contributed by atoms with van der Waals surface area (Å²) in [7, 11) is 0. The molecule has 1 aromatic heterocycles. The molecule has 5 heteroatoms. The van der Waals surface area contributed by atoms with Crippen molar-refractivity contribution in [2.24, 2.45) is 5.92 Å². The van der Waals surface area contributed by atoms with Crippen LogP contribution in [0.25, 0.3) is 0 Å². The van der Waals surface area contributed by atoms with Crippen molar-refractivity contribution in [2.45, 2.75) is 18.9 Å². The van der Waals surface area contributed by atoms with E-state index in [4.69, 9.17) is 5.11 Å². The van der Waals surface area contributed by atoms with Crippen LogP contribution in [0.4, 0.5) is 0 Å². The van der Waals surface area contributed by atoms with Gasteiger partial charge in [0.2, 0.25) is 5.91 Å². The fraction of sp³-hybridized carbons (Fsp3) is 0.250. The lowest BCUT2D eigenvalue weighted by Gasteiger charge is -2.05. The van der Waals surface area contributed by atoms with Crippen LogP contribution in [0.15, 0.2) is 41.1 Å². The van der Waals surface area contributed by atoms with Crippen LogP contribution < -0.4 is 5.32 Å². The van der Waals surface area contributed by atoms with Crippen LogP contribution >= 0.6 is 11.3 Å². The first-order valence-electron chi connectivity index (χ1n) is 6.77. The van der Waals surface area contributed by atoms with Crippen molar-refractivity contribution >= 4 is 23.2 Å². The Morgan fingerprint density at radius 2 is 2.00 bits per heavy atom. The molecule has 0 radical (unpaired) electrons. The van der Waals surface area contributed by atoms with Gasteiger partial charge in [-0.1, -0.05) is 12.1 Å². The Kier molecular flexibility index (Phi) is 3.75. The second-order valence-corrected chi connectivity index (χ2v) is 6.01. The number of nitrogens with one attached hydrogen (secondary N) is 1. The van der Waals surface area contributed by atoms with E-state index in [0.29, 0.717) is 12.5 Å². The molecule has 1 saturated carbocycles. The number of carboxylic acid groups (broad SMARTS) is 1. The highest BCUT2D eigenvalue weighted by atomic mass is 32.1. The molecule has 1 fully saturated rings. The molecule has 1 aliphatic carbocycles. The number of hydrogen-bond acceptors (Lipinski definition) is 3. The van der Waals surface area contributed by atoms with Gasteiger partial charge in [0.25, 0.3) is 0 Å². The Labute approximate surface area is 126 Å². The molecule has 0 spiro atoms. The first kappa shape index (κ1) is 13.8. The highest BCUT2D eigenvalue weighted by molar-refractivity contribution is 7.08. The average molecular weight is 301 g/mol. The monoisotopic (exact) mass is 301 g/mol. The second kappa shape index (κ2) is 5.69. The molecule has 0 unspecified atom stereocenters. The molecule has 0 saturated heterocycles. The fourth-order valence-corrected chi connectivity index (χ4v) is 3.15. The Balaban J connectivity index is 1.51. The lowest BCUT2D eigenvalue weighted by Crippen LogP contribution is -2.24. The largest absolute Gasteiger partial charge is 0.478 e. The maximum atomic E-state index is 12.1. The average Bonchev–Trinajstić information content (AvgIpc) is 3.11. The van der Waals surface area contributed by atoms with E-state index in [1.54, 1.807) is 35.6 Å². The van der Waals surface area contributed by atoms with Gasteiger partial charge in [-0.25, -0.2) is 4.79 Å². The molecule has 2 atom stereocenters. The van der Waals surface area contributed by atoms with Crippen molar-refractivity contribution in [1.29, 1.82) is 0 Å². The Hall–Kier alpha value is -2.14. The molecule has 108 valence electrons. The van der Waals surface area contributed by atoms with Crippen LogP contribution in [0.2, 0.25) is 0 Å². The third-order valence-corrected chi connectivity index (χ3v) is 4.47. The second-order valence-electron chi connectivity index (χ2n) is 5.23. The predicted molar refractivity (Wildman–Crippen MR) is 80.4 cm³/mol. The normalized spacial score (nSPS) is 20.0. The van der Waals surface area contributed by atoms with Crippen LogP contribution in [0, 0.1) is 5.92 Å². The minimum absolute atomic E-state index is 0.0773. The smallest absolute Gasteiger partial charge is 0.335 e. The minimum atomic E-state index is -0.942. The van der Waals surface area contributed by atoms with Gasteiger partial charge < -0.3 is 10.4 Å². The molecule has 3 rings (SSSR count). The van der Waals surface area contributed by atoms with E-state index in [1.807, 2.05) is 5.38 Å². The van der Waals surface area contributed by atoms with Gasteiger partial charge in [0, 0.05) is 12.5 Å². The Morgan fingerprint density at radius 1 is 1.24 bits per heavy atom. The van der Waals surface area contributed by atoms with Gasteiger partial charge in [0.1, 0.15) is 0 Å². The summed E-state index contributed by atoms with van der Waals surface area (Å²) in [6, 6.07) is 8.64. The molecule has 2 N–H and O–H groups in total.